The van der Waals surface area contributed by atoms with Crippen LogP contribution in [0.25, 0.3) is 0 Å². The van der Waals surface area contributed by atoms with Crippen LogP contribution in [0, 0.1) is 17.0 Å². The second-order valence-electron chi connectivity index (χ2n) is 5.49. The molecule has 0 fully saturated rings. The van der Waals surface area contributed by atoms with Gasteiger partial charge in [0.15, 0.2) is 0 Å². The Bertz CT molecular complexity index is 961. The molecule has 0 saturated carbocycles. The summed E-state index contributed by atoms with van der Waals surface area (Å²) in [5.74, 6) is -0.511. The second-order valence-corrected chi connectivity index (χ2v) is 5.49. The Labute approximate surface area is 154 Å². The van der Waals surface area contributed by atoms with Gasteiger partial charge in [0.25, 0.3) is 5.91 Å². The molecule has 0 saturated heterocycles. The molecule has 0 aliphatic heterocycles. The zero-order chi connectivity index (χ0) is 19.2. The maximum Gasteiger partial charge on any atom is 0.374 e. The van der Waals surface area contributed by atoms with E-state index in [1.54, 1.807) is 42.5 Å². The van der Waals surface area contributed by atoms with Crippen molar-refractivity contribution in [1.29, 1.82) is 0 Å². The predicted octanol–water partition coefficient (Wildman–Crippen LogP) is 3.24. The fourth-order valence-corrected chi connectivity index (χ4v) is 2.19. The third-order valence-corrected chi connectivity index (χ3v) is 3.54. The van der Waals surface area contributed by atoms with Gasteiger partial charge < -0.3 is 4.74 Å². The Balaban J connectivity index is 1.82. The number of nitrogens with one attached hydrogen (secondary N) is 2. The van der Waals surface area contributed by atoms with Gasteiger partial charge in [0.05, 0.1) is 4.92 Å². The Morgan fingerprint density at radius 1 is 1.07 bits per heavy atom. The summed E-state index contributed by atoms with van der Waals surface area (Å²) < 4.78 is 5.51. The number of aromatic nitrogens is 2. The molecule has 0 aliphatic rings. The quantitative estimate of drug-likeness (QED) is 0.508. The van der Waals surface area contributed by atoms with Crippen molar-refractivity contribution in [3.8, 4) is 11.6 Å². The Morgan fingerprint density at radius 3 is 2.44 bits per heavy atom. The maximum atomic E-state index is 12.1. The highest BCUT2D eigenvalue weighted by molar-refractivity contribution is 5.94. The number of hydrazine groups is 1. The van der Waals surface area contributed by atoms with E-state index in [4.69, 9.17) is 4.74 Å². The van der Waals surface area contributed by atoms with Crippen molar-refractivity contribution in [2.75, 3.05) is 5.43 Å². The summed E-state index contributed by atoms with van der Waals surface area (Å²) >= 11 is 0. The zero-order valence-electron chi connectivity index (χ0n) is 14.2. The first-order chi connectivity index (χ1) is 13.0. The zero-order valence-corrected chi connectivity index (χ0v) is 14.2. The normalized spacial score (nSPS) is 10.1. The summed E-state index contributed by atoms with van der Waals surface area (Å²) in [6.07, 6.45) is 1.10. The van der Waals surface area contributed by atoms with Gasteiger partial charge in [0, 0.05) is 5.56 Å². The number of nitrogens with zero attached hydrogens (tertiary/aromatic N) is 3. The van der Waals surface area contributed by atoms with Gasteiger partial charge in [-0.25, -0.2) is 4.98 Å². The van der Waals surface area contributed by atoms with Crippen LogP contribution in [0.1, 0.15) is 15.9 Å². The van der Waals surface area contributed by atoms with E-state index in [0.717, 1.165) is 11.9 Å². The van der Waals surface area contributed by atoms with Crippen molar-refractivity contribution in [1.82, 2.24) is 15.4 Å². The summed E-state index contributed by atoms with van der Waals surface area (Å²) in [7, 11) is 0. The Morgan fingerprint density at radius 2 is 1.78 bits per heavy atom. The lowest BCUT2D eigenvalue weighted by Crippen LogP contribution is -2.30. The molecule has 0 radical (unpaired) electrons. The number of carbonyl (C=O) groups excluding carboxylic acids is 1. The van der Waals surface area contributed by atoms with Gasteiger partial charge in [-0.1, -0.05) is 35.9 Å². The first-order valence-corrected chi connectivity index (χ1v) is 7.90. The molecule has 2 N–H and O–H groups in total. The topological polar surface area (TPSA) is 119 Å². The second kappa shape index (κ2) is 7.91. The van der Waals surface area contributed by atoms with Crippen molar-refractivity contribution < 1.29 is 14.5 Å². The van der Waals surface area contributed by atoms with Crippen molar-refractivity contribution in [2.45, 2.75) is 6.92 Å². The predicted molar refractivity (Wildman–Crippen MR) is 97.5 cm³/mol. The average molecular weight is 365 g/mol. The number of amides is 1. The molecule has 0 aliphatic carbocycles. The smallest absolute Gasteiger partial charge is 0.374 e. The van der Waals surface area contributed by atoms with Gasteiger partial charge in [-0.15, -0.1) is 0 Å². The minimum Gasteiger partial charge on any atom is -0.434 e. The summed E-state index contributed by atoms with van der Waals surface area (Å²) in [4.78, 5) is 30.6. The first-order valence-electron chi connectivity index (χ1n) is 7.90. The number of hydrogen-bond donors (Lipinski definition) is 2. The molecular weight excluding hydrogens is 350 g/mol. The number of benzene rings is 2. The molecule has 0 spiro atoms. The van der Waals surface area contributed by atoms with E-state index in [0.29, 0.717) is 11.3 Å². The summed E-state index contributed by atoms with van der Waals surface area (Å²) in [5.41, 5.74) is 5.74. The largest absolute Gasteiger partial charge is 0.434 e. The molecule has 3 rings (SSSR count). The Hall–Kier alpha value is -4.01. The summed E-state index contributed by atoms with van der Waals surface area (Å²) in [6.45, 7) is 1.91. The van der Waals surface area contributed by atoms with E-state index in [2.05, 4.69) is 20.8 Å². The van der Waals surface area contributed by atoms with Crippen LogP contribution in [-0.2, 0) is 0 Å². The van der Waals surface area contributed by atoms with Gasteiger partial charge in [0.1, 0.15) is 12.1 Å². The molecule has 2 aromatic carbocycles. The third kappa shape index (κ3) is 4.34. The molecule has 0 unspecified atom stereocenters. The highest BCUT2D eigenvalue weighted by atomic mass is 16.6. The van der Waals surface area contributed by atoms with Gasteiger partial charge in [-0.3, -0.25) is 25.8 Å². The van der Waals surface area contributed by atoms with Crippen LogP contribution in [0.15, 0.2) is 60.9 Å². The summed E-state index contributed by atoms with van der Waals surface area (Å²) in [6, 6.07) is 15.4. The van der Waals surface area contributed by atoms with Crippen molar-refractivity contribution in [3.05, 3.63) is 82.2 Å². The van der Waals surface area contributed by atoms with Crippen LogP contribution in [-0.4, -0.2) is 20.8 Å². The van der Waals surface area contributed by atoms with Crippen molar-refractivity contribution in [3.63, 3.8) is 0 Å². The number of nitro groups is 1. The molecule has 27 heavy (non-hydrogen) atoms. The molecule has 9 heteroatoms. The monoisotopic (exact) mass is 365 g/mol. The van der Waals surface area contributed by atoms with Gasteiger partial charge in [-0.2, -0.15) is 4.98 Å². The fraction of sp³-hybridized carbons (Fsp3) is 0.0556. The van der Waals surface area contributed by atoms with E-state index in [1.807, 2.05) is 19.1 Å². The highest BCUT2D eigenvalue weighted by Gasteiger charge is 2.25. The SMILES string of the molecule is Cc1ccc(Oc2ncnc(NNC(=O)c3ccccc3)c2[N+](=O)[O-])cc1. The van der Waals surface area contributed by atoms with Crippen molar-refractivity contribution in [2.24, 2.45) is 0 Å². The minimum atomic E-state index is -0.680. The number of hydrogen-bond acceptors (Lipinski definition) is 7. The van der Waals surface area contributed by atoms with E-state index < -0.39 is 16.5 Å². The molecular formula is C18H15N5O4. The summed E-state index contributed by atoms with van der Waals surface area (Å²) in [5, 5.41) is 11.5. The molecule has 3 aromatic rings. The molecule has 1 heterocycles. The minimum absolute atomic E-state index is 0.193. The van der Waals surface area contributed by atoms with Crippen LogP contribution in [0.4, 0.5) is 11.5 Å². The molecule has 1 aromatic heterocycles. The van der Waals surface area contributed by atoms with Gasteiger partial charge in [0.2, 0.25) is 5.82 Å². The molecule has 0 bridgehead atoms. The number of rotatable bonds is 6. The number of carbonyl (C=O) groups is 1. The lowest BCUT2D eigenvalue weighted by molar-refractivity contribution is -0.385. The molecule has 136 valence electrons. The molecule has 9 nitrogen and oxygen atoms in total. The maximum absolute atomic E-state index is 12.1. The van der Waals surface area contributed by atoms with Gasteiger partial charge >= 0.3 is 11.6 Å². The fourth-order valence-electron chi connectivity index (χ4n) is 2.19. The van der Waals surface area contributed by atoms with Crippen LogP contribution >= 0.6 is 0 Å². The molecule has 1 amide bonds. The number of ether oxygens (including phenoxy) is 1. The number of anilines is 1. The van der Waals surface area contributed by atoms with Crippen LogP contribution in [0.3, 0.4) is 0 Å². The van der Waals surface area contributed by atoms with Crippen LogP contribution in [0.5, 0.6) is 11.6 Å². The van der Waals surface area contributed by atoms with E-state index in [9.17, 15) is 14.9 Å². The third-order valence-electron chi connectivity index (χ3n) is 3.54. The van der Waals surface area contributed by atoms with E-state index in [1.165, 1.54) is 0 Å². The highest BCUT2D eigenvalue weighted by Crippen LogP contribution is 2.33. The lowest BCUT2D eigenvalue weighted by atomic mass is 10.2. The van der Waals surface area contributed by atoms with Crippen LogP contribution < -0.4 is 15.6 Å². The van der Waals surface area contributed by atoms with Crippen molar-refractivity contribution >= 4 is 17.4 Å². The van der Waals surface area contributed by atoms with Gasteiger partial charge in [-0.05, 0) is 31.2 Å². The van der Waals surface area contributed by atoms with E-state index >= 15 is 0 Å². The molecule has 0 atom stereocenters. The average Bonchev–Trinajstić information content (AvgIpc) is 2.68. The van der Waals surface area contributed by atoms with Crippen LogP contribution in [0.2, 0.25) is 0 Å². The number of aryl methyl sites for hydroxylation is 1. The first kappa shape index (κ1) is 17.8. The van der Waals surface area contributed by atoms with E-state index in [-0.39, 0.29) is 11.7 Å². The lowest BCUT2D eigenvalue weighted by Gasteiger charge is -2.10. The standard InChI is InChI=1S/C18H15N5O4/c1-12-7-9-14(10-8-12)27-18-15(23(25)26)16(19-11-20-18)21-22-17(24)13-5-3-2-4-6-13/h2-11H,1H3,(H,22,24)(H,19,20,21). The Kier molecular flexibility index (Phi) is 5.22.